The van der Waals surface area contributed by atoms with Gasteiger partial charge in [0.05, 0.1) is 11.1 Å². The zero-order valence-electron chi connectivity index (χ0n) is 11.8. The molecule has 0 atom stereocenters. The van der Waals surface area contributed by atoms with Gasteiger partial charge < -0.3 is 5.11 Å². The molecule has 23 heavy (non-hydrogen) atoms. The molecule has 2 aromatic heterocycles. The monoisotopic (exact) mass is 330 g/mol. The highest BCUT2D eigenvalue weighted by Gasteiger charge is 2.24. The van der Waals surface area contributed by atoms with Gasteiger partial charge in [0.15, 0.2) is 0 Å². The molecule has 0 radical (unpaired) electrons. The number of hydrogen-bond donors (Lipinski definition) is 2. The van der Waals surface area contributed by atoms with Crippen LogP contribution in [0.2, 0.25) is 0 Å². The number of thioether (sulfide) groups is 1. The molecular formula is C14H10N4O4S. The molecular weight excluding hydrogens is 320 g/mol. The Morgan fingerprint density at radius 2 is 2.17 bits per heavy atom. The number of aliphatic carboxylic acids is 1. The molecule has 116 valence electrons. The third-order valence-electron chi connectivity index (χ3n) is 2.58. The maximum absolute atomic E-state index is 11.4. The molecule has 2 aromatic rings. The Bertz CT molecular complexity index is 875. The number of nitrogens with one attached hydrogen (secondary N) is 1. The van der Waals surface area contributed by atoms with Crippen LogP contribution < -0.4 is 5.32 Å². The van der Waals surface area contributed by atoms with Crippen molar-refractivity contribution in [3.63, 3.8) is 0 Å². The molecule has 0 aromatic carbocycles. The lowest BCUT2D eigenvalue weighted by molar-refractivity contribution is -0.134. The Morgan fingerprint density at radius 1 is 1.48 bits per heavy atom. The van der Waals surface area contributed by atoms with Crippen LogP contribution >= 0.6 is 11.8 Å². The van der Waals surface area contributed by atoms with Gasteiger partial charge in [-0.1, -0.05) is 0 Å². The Hall–Kier alpha value is -3.12. The van der Waals surface area contributed by atoms with Crippen LogP contribution in [0.5, 0.6) is 0 Å². The average molecular weight is 330 g/mol. The largest absolute Gasteiger partial charge is 0.481 e. The quantitative estimate of drug-likeness (QED) is 0.761. The first-order valence-electron chi connectivity index (χ1n) is 6.22. The van der Waals surface area contributed by atoms with Gasteiger partial charge in [-0.15, -0.1) is 0 Å². The van der Waals surface area contributed by atoms with E-state index in [4.69, 9.17) is 15.2 Å². The zero-order valence-corrected chi connectivity index (χ0v) is 12.6. The normalized spacial score (nSPS) is 15.0. The van der Waals surface area contributed by atoms with Gasteiger partial charge in [0.1, 0.15) is 17.4 Å². The molecule has 9 heteroatoms. The number of aromatic nitrogens is 2. The molecule has 0 saturated carbocycles. The molecule has 2 amide bonds. The van der Waals surface area contributed by atoms with Crippen molar-refractivity contribution < 1.29 is 19.5 Å². The fourth-order valence-corrected chi connectivity index (χ4v) is 2.42. The van der Waals surface area contributed by atoms with Crippen LogP contribution in [0.1, 0.15) is 18.2 Å². The second-order valence-electron chi connectivity index (χ2n) is 4.32. The number of hydrogen-bond acceptors (Lipinski definition) is 6. The molecule has 3 rings (SSSR count). The summed E-state index contributed by atoms with van der Waals surface area (Å²) in [4.78, 5) is 35.9. The van der Waals surface area contributed by atoms with Crippen molar-refractivity contribution in [2.75, 3.05) is 0 Å². The number of carbonyl (C=O) groups is 3. The first kappa shape index (κ1) is 16.3. The fraction of sp³-hybridized carbons (Fsp3) is 0.0714. The maximum atomic E-state index is 11.4. The molecule has 0 aliphatic carbocycles. The lowest BCUT2D eigenvalue weighted by Crippen LogP contribution is -2.17. The predicted octanol–water partition coefficient (Wildman–Crippen LogP) is 1.62. The summed E-state index contributed by atoms with van der Waals surface area (Å²) in [5.74, 6) is -1.23. The summed E-state index contributed by atoms with van der Waals surface area (Å²) in [5.41, 5.74) is 1.78. The highest BCUT2D eigenvalue weighted by molar-refractivity contribution is 8.18. The number of carboxylic acid groups (broad SMARTS) is 1. The highest BCUT2D eigenvalue weighted by Crippen LogP contribution is 2.25. The van der Waals surface area contributed by atoms with Crippen LogP contribution in [0.3, 0.4) is 0 Å². The van der Waals surface area contributed by atoms with Gasteiger partial charge in [-0.3, -0.25) is 24.1 Å². The van der Waals surface area contributed by atoms with E-state index in [1.807, 2.05) is 6.07 Å². The average Bonchev–Trinajstić information content (AvgIpc) is 3.01. The van der Waals surface area contributed by atoms with E-state index in [0.29, 0.717) is 21.8 Å². The number of nitrogens with zero attached hydrogens (tertiary/aromatic N) is 3. The van der Waals surface area contributed by atoms with E-state index >= 15 is 0 Å². The molecule has 1 aliphatic heterocycles. The van der Waals surface area contributed by atoms with Crippen molar-refractivity contribution in [3.8, 4) is 6.07 Å². The Balaban J connectivity index is 0.000000433. The molecule has 8 nitrogen and oxygen atoms in total. The van der Waals surface area contributed by atoms with E-state index in [2.05, 4.69) is 10.3 Å². The second kappa shape index (κ2) is 6.76. The number of imidazole rings is 1. The Morgan fingerprint density at radius 3 is 2.74 bits per heavy atom. The summed E-state index contributed by atoms with van der Waals surface area (Å²) in [5, 5.41) is 18.2. The van der Waals surface area contributed by atoms with Crippen LogP contribution in [0.4, 0.5) is 4.79 Å². The van der Waals surface area contributed by atoms with Crippen molar-refractivity contribution in [2.45, 2.75) is 6.92 Å². The third-order valence-corrected chi connectivity index (χ3v) is 3.39. The van der Waals surface area contributed by atoms with E-state index in [-0.39, 0.29) is 5.24 Å². The van der Waals surface area contributed by atoms with Crippen LogP contribution in [0.15, 0.2) is 29.4 Å². The lowest BCUT2D eigenvalue weighted by atomic mass is 10.2. The first-order chi connectivity index (χ1) is 10.9. The van der Waals surface area contributed by atoms with E-state index in [1.54, 1.807) is 28.8 Å². The molecule has 0 unspecified atom stereocenters. The van der Waals surface area contributed by atoms with Crippen LogP contribution in [0, 0.1) is 11.3 Å². The van der Waals surface area contributed by atoms with Gasteiger partial charge in [0.25, 0.3) is 17.1 Å². The Labute approximate surface area is 134 Å². The van der Waals surface area contributed by atoms with E-state index in [0.717, 1.165) is 18.7 Å². The number of imide groups is 1. The fourth-order valence-electron chi connectivity index (χ4n) is 1.74. The molecule has 0 bridgehead atoms. The van der Waals surface area contributed by atoms with Crippen molar-refractivity contribution in [1.29, 1.82) is 5.26 Å². The summed E-state index contributed by atoms with van der Waals surface area (Å²) in [6.07, 6.45) is 4.78. The van der Waals surface area contributed by atoms with Crippen LogP contribution in [0.25, 0.3) is 11.7 Å². The van der Waals surface area contributed by atoms with Gasteiger partial charge in [0.2, 0.25) is 0 Å². The molecule has 3 heterocycles. The number of pyridine rings is 1. The molecule has 1 aliphatic rings. The zero-order chi connectivity index (χ0) is 17.0. The summed E-state index contributed by atoms with van der Waals surface area (Å²) in [6.45, 7) is 1.08. The minimum atomic E-state index is -0.833. The summed E-state index contributed by atoms with van der Waals surface area (Å²) in [6, 6.07) is 5.54. The SMILES string of the molecule is CC(=O)O.N#Cc1cnc2ccc(C=C3SC(=O)NC3=O)cn12. The van der Waals surface area contributed by atoms with E-state index < -0.39 is 11.9 Å². The lowest BCUT2D eigenvalue weighted by Gasteiger charge is -1.98. The summed E-state index contributed by atoms with van der Waals surface area (Å²) < 4.78 is 1.63. The topological polar surface area (TPSA) is 125 Å². The minimum Gasteiger partial charge on any atom is -0.481 e. The Kier molecular flexibility index (Phi) is 4.78. The molecule has 1 saturated heterocycles. The standard InChI is InChI=1S/C12H6N4O2S.C2H4O2/c13-4-8-5-14-10-2-1-7(6-16(8)10)3-9-11(17)15-12(18)19-9;1-2(3)4/h1-3,5-6H,(H,15,17,18);1H3,(H,3,4). The van der Waals surface area contributed by atoms with Gasteiger partial charge >= 0.3 is 0 Å². The summed E-state index contributed by atoms with van der Waals surface area (Å²) in [7, 11) is 0. The van der Waals surface area contributed by atoms with E-state index in [9.17, 15) is 9.59 Å². The number of nitriles is 1. The smallest absolute Gasteiger partial charge is 0.300 e. The number of carbonyl (C=O) groups excluding carboxylic acids is 2. The number of fused-ring (bicyclic) bond motifs is 1. The predicted molar refractivity (Wildman–Crippen MR) is 82.3 cm³/mol. The first-order valence-corrected chi connectivity index (χ1v) is 7.04. The number of carboxylic acids is 1. The highest BCUT2D eigenvalue weighted by atomic mass is 32.2. The van der Waals surface area contributed by atoms with Gasteiger partial charge in [-0.05, 0) is 35.5 Å². The molecule has 0 spiro atoms. The van der Waals surface area contributed by atoms with Gasteiger partial charge in [-0.2, -0.15) is 5.26 Å². The number of amides is 2. The van der Waals surface area contributed by atoms with E-state index in [1.165, 1.54) is 6.20 Å². The van der Waals surface area contributed by atoms with Crippen molar-refractivity contribution in [3.05, 3.63) is 40.7 Å². The maximum Gasteiger partial charge on any atom is 0.300 e. The molecule has 1 fully saturated rings. The van der Waals surface area contributed by atoms with Gasteiger partial charge in [-0.25, -0.2) is 4.98 Å². The number of rotatable bonds is 1. The van der Waals surface area contributed by atoms with Crippen molar-refractivity contribution in [1.82, 2.24) is 14.7 Å². The molecule has 2 N–H and O–H groups in total. The van der Waals surface area contributed by atoms with Gasteiger partial charge in [0, 0.05) is 13.1 Å². The van der Waals surface area contributed by atoms with Crippen molar-refractivity contribution >= 4 is 40.6 Å². The van der Waals surface area contributed by atoms with Crippen molar-refractivity contribution in [2.24, 2.45) is 0 Å². The summed E-state index contributed by atoms with van der Waals surface area (Å²) >= 11 is 0.858. The second-order valence-corrected chi connectivity index (χ2v) is 5.33. The minimum absolute atomic E-state index is 0.336. The third kappa shape index (κ3) is 3.96. The van der Waals surface area contributed by atoms with Crippen LogP contribution in [-0.2, 0) is 9.59 Å². The van der Waals surface area contributed by atoms with Crippen LogP contribution in [-0.4, -0.2) is 31.6 Å².